The molecule has 2 aliphatic rings. The van der Waals surface area contributed by atoms with Crippen LogP contribution in [-0.4, -0.2) is 47.0 Å². The number of benzene rings is 3. The number of hydrogen-bond acceptors (Lipinski definition) is 5. The molecule has 1 saturated heterocycles. The van der Waals surface area contributed by atoms with Gasteiger partial charge in [0.2, 0.25) is 5.43 Å². The van der Waals surface area contributed by atoms with E-state index in [1.807, 2.05) is 56.4 Å². The smallest absolute Gasteiger partial charge is 0.254 e. The average Bonchev–Trinajstić information content (AvgIpc) is 3.67. The normalized spacial score (nSPS) is 14.6. The van der Waals surface area contributed by atoms with Gasteiger partial charge in [0.1, 0.15) is 16.8 Å². The predicted molar refractivity (Wildman–Crippen MR) is 202 cm³/mol. The number of hydrogen-bond donors (Lipinski definition) is 3. The van der Waals surface area contributed by atoms with Gasteiger partial charge in [-0.25, -0.2) is 4.39 Å². The fraction of sp³-hybridized carbons (Fsp3) is 0.350. The van der Waals surface area contributed by atoms with Crippen molar-refractivity contribution < 1.29 is 13.9 Å². The third-order valence-corrected chi connectivity index (χ3v) is 9.01. The number of H-pyrrole nitrogens is 1. The highest BCUT2D eigenvalue weighted by Gasteiger charge is 2.28. The molecule has 7 rings (SSSR count). The molecule has 3 aromatic carbocycles. The number of ether oxygens (including phenoxy) is 1. The number of carbonyl (C=O) groups is 1. The molecule has 49 heavy (non-hydrogen) atoms. The molecule has 4 N–H and O–H groups in total. The highest BCUT2D eigenvalue weighted by atomic mass is 19.1. The van der Waals surface area contributed by atoms with Gasteiger partial charge in [0.15, 0.2) is 17.3 Å². The zero-order valence-electron chi connectivity index (χ0n) is 30.0. The third-order valence-electron chi connectivity index (χ3n) is 9.01. The number of pyridine rings is 1. The Bertz CT molecular complexity index is 2010. The summed E-state index contributed by atoms with van der Waals surface area (Å²) in [5, 5.41) is 4.71. The van der Waals surface area contributed by atoms with Gasteiger partial charge in [-0.3, -0.25) is 9.59 Å². The Morgan fingerprint density at radius 2 is 1.84 bits per heavy atom. The molecule has 8 nitrogen and oxygen atoms in total. The summed E-state index contributed by atoms with van der Waals surface area (Å²) in [5.41, 5.74) is 9.62. The summed E-state index contributed by atoms with van der Waals surface area (Å²) in [6, 6.07) is 13.4. The number of halogens is 1. The average molecular weight is 668 g/mol. The number of carbonyl (C=O) groups excluding carboxylic acids is 1. The predicted octanol–water partition coefficient (Wildman–Crippen LogP) is 9.10. The minimum absolute atomic E-state index is 0.0293. The van der Waals surface area contributed by atoms with Crippen LogP contribution in [0.1, 0.15) is 80.6 Å². The molecule has 1 atom stereocenters. The molecule has 0 radical (unpaired) electrons. The van der Waals surface area contributed by atoms with E-state index in [2.05, 4.69) is 62.1 Å². The fourth-order valence-electron chi connectivity index (χ4n) is 6.37. The minimum Gasteiger partial charge on any atom is -0.451 e. The number of nitrogens with two attached hydrogens (primary N) is 1. The number of aromatic amines is 1. The van der Waals surface area contributed by atoms with E-state index >= 15 is 0 Å². The Morgan fingerprint density at radius 1 is 1.14 bits per heavy atom. The molecule has 4 heterocycles. The number of nitrogens with one attached hydrogen (secondary N) is 2. The van der Waals surface area contributed by atoms with E-state index in [1.54, 1.807) is 11.6 Å². The topological polar surface area (TPSA) is 105 Å². The van der Waals surface area contributed by atoms with E-state index in [0.717, 1.165) is 29.3 Å². The molecule has 5 aromatic rings. The largest absolute Gasteiger partial charge is 0.451 e. The van der Waals surface area contributed by atoms with Crippen molar-refractivity contribution in [1.82, 2.24) is 14.5 Å². The summed E-state index contributed by atoms with van der Waals surface area (Å²) in [5.74, 6) is -0.856. The van der Waals surface area contributed by atoms with Crippen molar-refractivity contribution >= 4 is 39.3 Å². The van der Waals surface area contributed by atoms with Gasteiger partial charge in [-0.2, -0.15) is 0 Å². The van der Waals surface area contributed by atoms with Crippen LogP contribution in [0.15, 0.2) is 65.7 Å². The first kappa shape index (κ1) is 36.9. The van der Waals surface area contributed by atoms with E-state index in [-0.39, 0.29) is 22.4 Å². The van der Waals surface area contributed by atoms with Gasteiger partial charge in [0.05, 0.1) is 11.1 Å². The first-order valence-electron chi connectivity index (χ1n) is 17.2. The summed E-state index contributed by atoms with van der Waals surface area (Å²) >= 11 is 0. The number of rotatable bonds is 5. The van der Waals surface area contributed by atoms with Gasteiger partial charge in [-0.1, -0.05) is 64.1 Å². The lowest BCUT2D eigenvalue weighted by Crippen LogP contribution is -2.25. The van der Waals surface area contributed by atoms with Crippen molar-refractivity contribution in [3.63, 3.8) is 0 Å². The first-order valence-corrected chi connectivity index (χ1v) is 17.2. The molecule has 1 unspecified atom stereocenters. The Morgan fingerprint density at radius 3 is 2.37 bits per heavy atom. The van der Waals surface area contributed by atoms with Gasteiger partial charge in [-0.05, 0) is 93.2 Å². The van der Waals surface area contributed by atoms with Crippen LogP contribution in [0.5, 0.6) is 11.5 Å². The van der Waals surface area contributed by atoms with Gasteiger partial charge in [-0.15, -0.1) is 0 Å². The van der Waals surface area contributed by atoms with Crippen LogP contribution in [0, 0.1) is 19.7 Å². The van der Waals surface area contributed by atoms with Crippen LogP contribution in [0.2, 0.25) is 0 Å². The van der Waals surface area contributed by atoms with E-state index in [0.29, 0.717) is 17.0 Å². The van der Waals surface area contributed by atoms with Crippen molar-refractivity contribution in [2.24, 2.45) is 5.73 Å². The zero-order chi connectivity index (χ0) is 35.8. The van der Waals surface area contributed by atoms with Gasteiger partial charge in [0, 0.05) is 31.2 Å². The number of allylic oxidation sites excluding steroid dienone is 1. The van der Waals surface area contributed by atoms with Crippen LogP contribution < -0.4 is 21.2 Å². The van der Waals surface area contributed by atoms with Crippen LogP contribution in [0.4, 0.5) is 10.1 Å². The highest BCUT2D eigenvalue weighted by molar-refractivity contribution is 6.01. The monoisotopic (exact) mass is 667 g/mol. The lowest BCUT2D eigenvalue weighted by molar-refractivity contribution is 0.0999. The zero-order valence-corrected chi connectivity index (χ0v) is 30.0. The molecular formula is C40H50FN5O3. The Kier molecular flexibility index (Phi) is 12.4. The van der Waals surface area contributed by atoms with Crippen LogP contribution in [0.3, 0.4) is 0 Å². The summed E-state index contributed by atoms with van der Waals surface area (Å²) in [6.45, 7) is 14.0. The van der Waals surface area contributed by atoms with Gasteiger partial charge in [0.25, 0.3) is 5.91 Å². The second kappa shape index (κ2) is 16.5. The van der Waals surface area contributed by atoms with E-state index < -0.39 is 17.2 Å². The number of anilines is 1. The summed E-state index contributed by atoms with van der Waals surface area (Å²) in [7, 11) is 3.79. The van der Waals surface area contributed by atoms with Crippen molar-refractivity contribution in [2.75, 3.05) is 26.0 Å². The maximum atomic E-state index is 14.7. The molecule has 2 aliphatic heterocycles. The van der Waals surface area contributed by atoms with Gasteiger partial charge >= 0.3 is 0 Å². The summed E-state index contributed by atoms with van der Waals surface area (Å²) < 4.78 is 22.4. The fourth-order valence-corrected chi connectivity index (χ4v) is 6.37. The molecule has 0 aliphatic carbocycles. The second-order valence-corrected chi connectivity index (χ2v) is 12.1. The Labute approximate surface area is 288 Å². The highest BCUT2D eigenvalue weighted by Crippen LogP contribution is 2.46. The molecule has 9 heteroatoms. The number of primary amides is 1. The molecular weight excluding hydrogens is 617 g/mol. The second-order valence-electron chi connectivity index (χ2n) is 12.1. The lowest BCUT2D eigenvalue weighted by Gasteiger charge is -2.26. The maximum Gasteiger partial charge on any atom is 0.254 e. The van der Waals surface area contributed by atoms with Crippen molar-refractivity contribution in [3.05, 3.63) is 99.4 Å². The maximum absolute atomic E-state index is 14.7. The number of likely N-dealkylation sites (tertiary alicyclic amines) is 1. The van der Waals surface area contributed by atoms with Crippen molar-refractivity contribution in [3.8, 4) is 17.2 Å². The Hall–Kier alpha value is -4.89. The number of nitrogens with zero attached hydrogens (tertiary/aromatic N) is 2. The summed E-state index contributed by atoms with van der Waals surface area (Å²) in [6.07, 6.45) is 13.1. The van der Waals surface area contributed by atoms with Crippen molar-refractivity contribution in [1.29, 1.82) is 0 Å². The number of amides is 1. The van der Waals surface area contributed by atoms with Crippen LogP contribution in [0.25, 0.3) is 33.4 Å². The molecule has 2 aromatic heterocycles. The molecule has 1 amide bonds. The van der Waals surface area contributed by atoms with E-state index in [9.17, 15) is 14.0 Å². The van der Waals surface area contributed by atoms with Gasteiger partial charge < -0.3 is 30.2 Å². The van der Waals surface area contributed by atoms with E-state index in [4.69, 9.17) is 10.5 Å². The van der Waals surface area contributed by atoms with E-state index in [1.165, 1.54) is 48.8 Å². The molecule has 1 fully saturated rings. The quantitative estimate of drug-likeness (QED) is 0.170. The number of fused-ring (bicyclic) bond motifs is 3. The Balaban J connectivity index is 0.000000211. The van der Waals surface area contributed by atoms with Crippen molar-refractivity contribution in [2.45, 2.75) is 73.3 Å². The molecule has 260 valence electrons. The first-order chi connectivity index (χ1) is 23.6. The molecule has 0 spiro atoms. The number of aromatic nitrogens is 2. The SMILES string of the molecule is CC.CC/C=C\c1c(C)c[nH]c1C.CCC1CCCN1C.CNc1c(F)cc2c(=O)c(C(N)=O)cn3c2c1Oc1cc2ccccc2cc1-3. The third kappa shape index (κ3) is 7.73. The minimum atomic E-state index is -0.871. The van der Waals surface area contributed by atoms with Crippen LogP contribution >= 0.6 is 0 Å². The van der Waals surface area contributed by atoms with Crippen LogP contribution in [-0.2, 0) is 0 Å². The summed E-state index contributed by atoms with van der Waals surface area (Å²) in [4.78, 5) is 30.2. The lowest BCUT2D eigenvalue weighted by atomic mass is 10.0. The number of aryl methyl sites for hydroxylation is 2. The molecule has 0 saturated carbocycles. The standard InChI is InChI=1S/C21H14FN3O3.C10H15N.C7H15N.C2H6/c1-24-17-14(22)8-12-18-20(17)28-16-7-11-5-3-2-4-10(11)6-15(16)25(18)9-13(19(12)26)21(23)27;1-4-5-6-10-8(2)7-11-9(10)3;1-3-7-5-4-6-8(7)2;1-2/h2-9,24H,1H3,(H2,23,27);5-7,11H,4H2,1-3H3;7H,3-6H2,1-2H3;1-2H3/b;6-5-;;. The molecule has 0 bridgehead atoms.